The number of rotatable bonds is 3. The van der Waals surface area contributed by atoms with Crippen LogP contribution in [0.1, 0.15) is 25.3 Å². The van der Waals surface area contributed by atoms with Gasteiger partial charge in [-0.3, -0.25) is 4.79 Å². The topological polar surface area (TPSA) is 87.0 Å². The maximum atomic E-state index is 12.1. The second-order valence-corrected chi connectivity index (χ2v) is 5.32. The van der Waals surface area contributed by atoms with Crippen LogP contribution in [-0.2, 0) is 16.1 Å². The Morgan fingerprint density at radius 3 is 2.95 bits per heavy atom. The van der Waals surface area contributed by atoms with Crippen LogP contribution in [0.3, 0.4) is 0 Å². The summed E-state index contributed by atoms with van der Waals surface area (Å²) in [5.74, 6) is -0.0855. The van der Waals surface area contributed by atoms with Gasteiger partial charge < -0.3 is 20.0 Å². The van der Waals surface area contributed by atoms with Crippen molar-refractivity contribution in [3.63, 3.8) is 0 Å². The fourth-order valence-corrected chi connectivity index (χ4v) is 2.52. The molecule has 0 bridgehead atoms. The Labute approximate surface area is 115 Å². The summed E-state index contributed by atoms with van der Waals surface area (Å²) in [4.78, 5) is 28.7. The molecule has 0 radical (unpaired) electrons. The van der Waals surface area contributed by atoms with E-state index in [1.165, 1.54) is 0 Å². The molecule has 0 aliphatic carbocycles. The molecule has 2 aromatic rings. The molecule has 1 aromatic carbocycles. The van der Waals surface area contributed by atoms with Gasteiger partial charge in [-0.1, -0.05) is 6.07 Å². The highest BCUT2D eigenvalue weighted by Crippen LogP contribution is 2.25. The lowest BCUT2D eigenvalue weighted by molar-refractivity contribution is -0.139. The number of benzene rings is 1. The SMILES string of the molecule is CC1(C(=O)NCc2ccc3[nH]c(=O)[nH]c3c2)CCCO1. The number of hydrogen-bond acceptors (Lipinski definition) is 3. The van der Waals surface area contributed by atoms with Gasteiger partial charge in [-0.25, -0.2) is 4.79 Å². The van der Waals surface area contributed by atoms with Gasteiger partial charge in [0.1, 0.15) is 5.60 Å². The molecule has 0 spiro atoms. The molecular formula is C14H17N3O3. The number of aromatic nitrogens is 2. The summed E-state index contributed by atoms with van der Waals surface area (Å²) in [7, 11) is 0. The zero-order chi connectivity index (χ0) is 14.2. The van der Waals surface area contributed by atoms with E-state index in [1.807, 2.05) is 25.1 Å². The van der Waals surface area contributed by atoms with Crippen molar-refractivity contribution in [3.8, 4) is 0 Å². The van der Waals surface area contributed by atoms with Crippen molar-refractivity contribution in [2.75, 3.05) is 6.61 Å². The van der Waals surface area contributed by atoms with Crippen LogP contribution in [0.15, 0.2) is 23.0 Å². The molecule has 6 nitrogen and oxygen atoms in total. The number of nitrogens with one attached hydrogen (secondary N) is 3. The van der Waals surface area contributed by atoms with Gasteiger partial charge in [-0.05, 0) is 37.5 Å². The van der Waals surface area contributed by atoms with Crippen molar-refractivity contribution < 1.29 is 9.53 Å². The molecule has 1 fully saturated rings. The smallest absolute Gasteiger partial charge is 0.323 e. The third-order valence-corrected chi connectivity index (χ3v) is 3.73. The van der Waals surface area contributed by atoms with Gasteiger partial charge in [0.25, 0.3) is 5.91 Å². The number of imidazole rings is 1. The number of hydrogen-bond donors (Lipinski definition) is 3. The highest BCUT2D eigenvalue weighted by atomic mass is 16.5. The van der Waals surface area contributed by atoms with Crippen LogP contribution in [0.4, 0.5) is 0 Å². The molecule has 3 rings (SSSR count). The van der Waals surface area contributed by atoms with E-state index in [0.29, 0.717) is 13.2 Å². The Bertz CT molecular complexity index is 695. The van der Waals surface area contributed by atoms with Crippen molar-refractivity contribution in [1.29, 1.82) is 0 Å². The van der Waals surface area contributed by atoms with E-state index < -0.39 is 5.60 Å². The van der Waals surface area contributed by atoms with E-state index in [9.17, 15) is 9.59 Å². The predicted octanol–water partition coefficient (Wildman–Crippen LogP) is 1.04. The van der Waals surface area contributed by atoms with Crippen molar-refractivity contribution in [2.45, 2.75) is 31.9 Å². The van der Waals surface area contributed by atoms with Crippen molar-refractivity contribution in [3.05, 3.63) is 34.2 Å². The van der Waals surface area contributed by atoms with Crippen LogP contribution in [-0.4, -0.2) is 28.1 Å². The maximum Gasteiger partial charge on any atom is 0.323 e. The number of carbonyl (C=O) groups excluding carboxylic acids is 1. The van der Waals surface area contributed by atoms with Gasteiger partial charge >= 0.3 is 5.69 Å². The van der Waals surface area contributed by atoms with E-state index in [2.05, 4.69) is 15.3 Å². The van der Waals surface area contributed by atoms with Crippen LogP contribution < -0.4 is 11.0 Å². The Balaban J connectivity index is 1.70. The van der Waals surface area contributed by atoms with Gasteiger partial charge in [-0.2, -0.15) is 0 Å². The number of fused-ring (bicyclic) bond motifs is 1. The van der Waals surface area contributed by atoms with E-state index >= 15 is 0 Å². The minimum absolute atomic E-state index is 0.0855. The molecule has 1 unspecified atom stereocenters. The van der Waals surface area contributed by atoms with Crippen LogP contribution in [0.5, 0.6) is 0 Å². The molecule has 1 aliphatic rings. The molecule has 6 heteroatoms. The highest BCUT2D eigenvalue weighted by molar-refractivity contribution is 5.85. The molecule has 20 heavy (non-hydrogen) atoms. The normalized spacial score (nSPS) is 22.2. The quantitative estimate of drug-likeness (QED) is 0.782. The van der Waals surface area contributed by atoms with Crippen molar-refractivity contribution in [1.82, 2.24) is 15.3 Å². The number of ether oxygens (including phenoxy) is 1. The average molecular weight is 275 g/mol. The minimum atomic E-state index is -0.702. The third-order valence-electron chi connectivity index (χ3n) is 3.73. The van der Waals surface area contributed by atoms with Crippen LogP contribution >= 0.6 is 0 Å². The third kappa shape index (κ3) is 2.34. The maximum absolute atomic E-state index is 12.1. The first-order valence-electron chi connectivity index (χ1n) is 6.70. The Morgan fingerprint density at radius 1 is 1.40 bits per heavy atom. The summed E-state index contributed by atoms with van der Waals surface area (Å²) in [6.07, 6.45) is 1.67. The molecule has 1 atom stereocenters. The van der Waals surface area contributed by atoms with E-state index in [4.69, 9.17) is 4.74 Å². The van der Waals surface area contributed by atoms with Crippen molar-refractivity contribution >= 4 is 16.9 Å². The van der Waals surface area contributed by atoms with E-state index in [0.717, 1.165) is 29.4 Å². The largest absolute Gasteiger partial charge is 0.365 e. The summed E-state index contributed by atoms with van der Waals surface area (Å²) < 4.78 is 5.50. The molecule has 0 saturated carbocycles. The summed E-state index contributed by atoms with van der Waals surface area (Å²) >= 11 is 0. The van der Waals surface area contributed by atoms with Crippen LogP contribution in [0, 0.1) is 0 Å². The first-order chi connectivity index (χ1) is 9.57. The summed E-state index contributed by atoms with van der Waals surface area (Å²) in [6.45, 7) is 2.88. The van der Waals surface area contributed by atoms with Gasteiger partial charge in [0.05, 0.1) is 11.0 Å². The average Bonchev–Trinajstić information content (AvgIpc) is 3.01. The predicted molar refractivity (Wildman–Crippen MR) is 74.4 cm³/mol. The van der Waals surface area contributed by atoms with Crippen LogP contribution in [0.25, 0.3) is 11.0 Å². The lowest BCUT2D eigenvalue weighted by atomic mass is 10.0. The molecule has 2 heterocycles. The van der Waals surface area contributed by atoms with Gasteiger partial charge in [0, 0.05) is 13.2 Å². The lowest BCUT2D eigenvalue weighted by Crippen LogP contribution is -2.43. The van der Waals surface area contributed by atoms with E-state index in [-0.39, 0.29) is 11.6 Å². The molecule has 1 aliphatic heterocycles. The van der Waals surface area contributed by atoms with Gasteiger partial charge in [0.15, 0.2) is 0 Å². The van der Waals surface area contributed by atoms with Gasteiger partial charge in [0.2, 0.25) is 0 Å². The minimum Gasteiger partial charge on any atom is -0.365 e. The first kappa shape index (κ1) is 12.9. The molecule has 106 valence electrons. The monoisotopic (exact) mass is 275 g/mol. The Kier molecular flexibility index (Phi) is 3.10. The summed E-state index contributed by atoms with van der Waals surface area (Å²) in [5.41, 5.74) is 1.50. The second kappa shape index (κ2) is 4.79. The lowest BCUT2D eigenvalue weighted by Gasteiger charge is -2.21. The fourth-order valence-electron chi connectivity index (χ4n) is 2.52. The van der Waals surface area contributed by atoms with Gasteiger partial charge in [-0.15, -0.1) is 0 Å². The standard InChI is InChI=1S/C14H17N3O3/c1-14(5-2-6-20-14)12(18)15-8-9-3-4-10-11(7-9)17-13(19)16-10/h3-4,7H,2,5-6,8H2,1H3,(H,15,18)(H2,16,17,19). The Morgan fingerprint density at radius 2 is 2.20 bits per heavy atom. The number of H-pyrrole nitrogens is 2. The van der Waals surface area contributed by atoms with E-state index in [1.54, 1.807) is 0 Å². The fraction of sp³-hybridized carbons (Fsp3) is 0.429. The molecule has 1 aromatic heterocycles. The number of carbonyl (C=O) groups is 1. The van der Waals surface area contributed by atoms with Crippen molar-refractivity contribution in [2.24, 2.45) is 0 Å². The second-order valence-electron chi connectivity index (χ2n) is 5.32. The molecular weight excluding hydrogens is 258 g/mol. The summed E-state index contributed by atoms with van der Waals surface area (Å²) in [6, 6.07) is 5.55. The van der Waals surface area contributed by atoms with Crippen LogP contribution in [0.2, 0.25) is 0 Å². The zero-order valence-electron chi connectivity index (χ0n) is 11.3. The molecule has 1 amide bonds. The first-order valence-corrected chi connectivity index (χ1v) is 6.70. The Hall–Kier alpha value is -2.08. The highest BCUT2D eigenvalue weighted by Gasteiger charge is 2.37. The summed E-state index contributed by atoms with van der Waals surface area (Å²) in [5, 5.41) is 2.89. The molecule has 1 saturated heterocycles. The zero-order valence-corrected chi connectivity index (χ0v) is 11.3. The molecule has 3 N–H and O–H groups in total. The number of amides is 1. The number of aromatic amines is 2.